The van der Waals surface area contributed by atoms with Crippen molar-refractivity contribution in [3.63, 3.8) is 0 Å². The summed E-state index contributed by atoms with van der Waals surface area (Å²) < 4.78 is 14.2. The zero-order valence-electron chi connectivity index (χ0n) is 12.4. The number of hydrogen-bond acceptors (Lipinski definition) is 2. The average Bonchev–Trinajstić information content (AvgIpc) is 2.85. The zero-order chi connectivity index (χ0) is 16.3. The van der Waals surface area contributed by atoms with E-state index in [-0.39, 0.29) is 36.5 Å². The van der Waals surface area contributed by atoms with E-state index in [1.54, 1.807) is 11.8 Å². The summed E-state index contributed by atoms with van der Waals surface area (Å²) in [4.78, 5) is 24.9. The Morgan fingerprint density at radius 3 is 2.77 bits per heavy atom. The molecule has 0 bridgehead atoms. The topological polar surface area (TPSA) is 57.6 Å². The van der Waals surface area contributed by atoms with Crippen LogP contribution in [-0.2, 0) is 9.59 Å². The minimum absolute atomic E-state index is 0.0181. The Morgan fingerprint density at radius 2 is 2.14 bits per heavy atom. The predicted molar refractivity (Wildman–Crippen MR) is 83.8 cm³/mol. The molecule has 1 N–H and O–H groups in total. The molecule has 0 aromatic heterocycles. The van der Waals surface area contributed by atoms with Gasteiger partial charge in [-0.2, -0.15) is 0 Å². The minimum atomic E-state index is -0.896. The van der Waals surface area contributed by atoms with Crippen molar-refractivity contribution in [3.8, 4) is 0 Å². The Kier molecular flexibility index (Phi) is 5.56. The van der Waals surface area contributed by atoms with Crippen molar-refractivity contribution in [2.24, 2.45) is 5.92 Å². The third-order valence-corrected chi connectivity index (χ3v) is 4.35. The molecule has 6 heteroatoms. The molecule has 22 heavy (non-hydrogen) atoms. The lowest BCUT2D eigenvalue weighted by molar-refractivity contribution is -0.138. The molecule has 0 aliphatic carbocycles. The SMILES string of the molecule is CC(CC(=O)O)CC(=O)N1CCCC1c1cc(F)cc(Br)c1. The highest BCUT2D eigenvalue weighted by Crippen LogP contribution is 2.34. The van der Waals surface area contributed by atoms with Gasteiger partial charge in [0, 0.05) is 23.9 Å². The van der Waals surface area contributed by atoms with E-state index in [0.717, 1.165) is 18.4 Å². The van der Waals surface area contributed by atoms with Crippen molar-refractivity contribution >= 4 is 27.8 Å². The molecule has 2 rings (SSSR count). The molecule has 1 amide bonds. The van der Waals surface area contributed by atoms with Gasteiger partial charge in [-0.3, -0.25) is 9.59 Å². The number of likely N-dealkylation sites (tertiary alicyclic amines) is 1. The number of rotatable bonds is 5. The van der Waals surface area contributed by atoms with Crippen molar-refractivity contribution in [2.45, 2.75) is 38.6 Å². The molecule has 4 nitrogen and oxygen atoms in total. The van der Waals surface area contributed by atoms with Crippen LogP contribution in [0.4, 0.5) is 4.39 Å². The fourth-order valence-electron chi connectivity index (χ4n) is 2.96. The summed E-state index contributed by atoms with van der Waals surface area (Å²) in [6.45, 7) is 2.40. The molecule has 1 heterocycles. The number of carbonyl (C=O) groups is 2. The first-order chi connectivity index (χ1) is 10.4. The van der Waals surface area contributed by atoms with E-state index in [1.165, 1.54) is 12.1 Å². The van der Waals surface area contributed by atoms with Crippen LogP contribution in [0.3, 0.4) is 0 Å². The summed E-state index contributed by atoms with van der Waals surface area (Å²) in [6.07, 6.45) is 1.86. The highest BCUT2D eigenvalue weighted by atomic mass is 79.9. The maximum Gasteiger partial charge on any atom is 0.303 e. The molecule has 1 aromatic carbocycles. The van der Waals surface area contributed by atoms with Gasteiger partial charge in [-0.05, 0) is 42.5 Å². The van der Waals surface area contributed by atoms with Crippen molar-refractivity contribution in [3.05, 3.63) is 34.1 Å². The standard InChI is InChI=1S/C16H19BrFNO3/c1-10(6-16(21)22)5-15(20)19-4-2-3-14(19)11-7-12(17)9-13(18)8-11/h7-10,14H,2-6H2,1H3,(H,21,22). The molecule has 0 spiro atoms. The minimum Gasteiger partial charge on any atom is -0.481 e. The monoisotopic (exact) mass is 371 g/mol. The van der Waals surface area contributed by atoms with Gasteiger partial charge in [0.05, 0.1) is 6.04 Å². The predicted octanol–water partition coefficient (Wildman–Crippen LogP) is 3.75. The summed E-state index contributed by atoms with van der Waals surface area (Å²) in [6, 6.07) is 4.55. The molecule has 1 aliphatic rings. The number of nitrogens with zero attached hydrogens (tertiary/aromatic N) is 1. The number of aliphatic carboxylic acids is 1. The van der Waals surface area contributed by atoms with E-state index >= 15 is 0 Å². The highest BCUT2D eigenvalue weighted by Gasteiger charge is 2.31. The first-order valence-electron chi connectivity index (χ1n) is 7.34. The smallest absolute Gasteiger partial charge is 0.303 e. The van der Waals surface area contributed by atoms with Gasteiger partial charge in [-0.25, -0.2) is 4.39 Å². The van der Waals surface area contributed by atoms with E-state index in [1.807, 2.05) is 6.07 Å². The van der Waals surface area contributed by atoms with Gasteiger partial charge in [0.15, 0.2) is 0 Å². The lowest BCUT2D eigenvalue weighted by Gasteiger charge is -2.26. The van der Waals surface area contributed by atoms with E-state index in [2.05, 4.69) is 15.9 Å². The van der Waals surface area contributed by atoms with Crippen LogP contribution in [0.1, 0.15) is 44.2 Å². The maximum atomic E-state index is 13.6. The summed E-state index contributed by atoms with van der Waals surface area (Å²) in [7, 11) is 0. The normalized spacial score (nSPS) is 19.2. The van der Waals surface area contributed by atoms with Gasteiger partial charge in [-0.15, -0.1) is 0 Å². The van der Waals surface area contributed by atoms with E-state index < -0.39 is 5.97 Å². The Balaban J connectivity index is 2.09. The Hall–Kier alpha value is -1.43. The molecule has 1 saturated heterocycles. The van der Waals surface area contributed by atoms with Gasteiger partial charge in [0.2, 0.25) is 5.91 Å². The van der Waals surface area contributed by atoms with Crippen molar-refractivity contribution in [1.82, 2.24) is 4.90 Å². The molecular formula is C16H19BrFNO3. The first kappa shape index (κ1) is 16.9. The Morgan fingerprint density at radius 1 is 1.41 bits per heavy atom. The van der Waals surface area contributed by atoms with E-state index in [9.17, 15) is 14.0 Å². The van der Waals surface area contributed by atoms with E-state index in [0.29, 0.717) is 11.0 Å². The molecule has 1 aromatic rings. The number of carbonyl (C=O) groups excluding carboxylic acids is 1. The van der Waals surface area contributed by atoms with Crippen molar-refractivity contribution < 1.29 is 19.1 Å². The van der Waals surface area contributed by atoms with Gasteiger partial charge in [-0.1, -0.05) is 22.9 Å². The molecule has 2 unspecified atom stereocenters. The van der Waals surface area contributed by atoms with Gasteiger partial charge < -0.3 is 10.0 Å². The van der Waals surface area contributed by atoms with Crippen molar-refractivity contribution in [2.75, 3.05) is 6.54 Å². The third-order valence-electron chi connectivity index (χ3n) is 3.89. The van der Waals surface area contributed by atoms with Crippen molar-refractivity contribution in [1.29, 1.82) is 0 Å². The second-order valence-electron chi connectivity index (χ2n) is 5.86. The third kappa shape index (κ3) is 4.29. The van der Waals surface area contributed by atoms with Crippen LogP contribution < -0.4 is 0 Å². The molecule has 1 fully saturated rings. The Labute approximate surface area is 137 Å². The molecular weight excluding hydrogens is 353 g/mol. The fraction of sp³-hybridized carbons (Fsp3) is 0.500. The van der Waals surface area contributed by atoms with Crippen LogP contribution >= 0.6 is 15.9 Å². The van der Waals surface area contributed by atoms with Crippen LogP contribution in [0.2, 0.25) is 0 Å². The van der Waals surface area contributed by atoms with E-state index in [4.69, 9.17) is 5.11 Å². The fourth-order valence-corrected chi connectivity index (χ4v) is 3.45. The quantitative estimate of drug-likeness (QED) is 0.857. The summed E-state index contributed by atoms with van der Waals surface area (Å²) in [5.41, 5.74) is 0.781. The summed E-state index contributed by atoms with van der Waals surface area (Å²) in [5.74, 6) is -1.49. The summed E-state index contributed by atoms with van der Waals surface area (Å²) in [5, 5.41) is 8.78. The van der Waals surface area contributed by atoms with Crippen LogP contribution in [0.5, 0.6) is 0 Å². The first-order valence-corrected chi connectivity index (χ1v) is 8.13. The second kappa shape index (κ2) is 7.22. The van der Waals surface area contributed by atoms with Gasteiger partial charge in [0.1, 0.15) is 5.82 Å². The molecule has 2 atom stereocenters. The number of halogens is 2. The molecule has 1 aliphatic heterocycles. The number of hydrogen-bond donors (Lipinski definition) is 1. The van der Waals surface area contributed by atoms with Crippen LogP contribution in [-0.4, -0.2) is 28.4 Å². The Bertz CT molecular complexity index is 558. The van der Waals surface area contributed by atoms with Gasteiger partial charge in [0.25, 0.3) is 0 Å². The summed E-state index contributed by atoms with van der Waals surface area (Å²) >= 11 is 3.28. The van der Waals surface area contributed by atoms with Crippen LogP contribution in [0.15, 0.2) is 22.7 Å². The average molecular weight is 372 g/mol. The molecule has 0 saturated carbocycles. The van der Waals surface area contributed by atoms with Crippen LogP contribution in [0.25, 0.3) is 0 Å². The van der Waals surface area contributed by atoms with Gasteiger partial charge >= 0.3 is 5.97 Å². The second-order valence-corrected chi connectivity index (χ2v) is 6.77. The highest BCUT2D eigenvalue weighted by molar-refractivity contribution is 9.10. The lowest BCUT2D eigenvalue weighted by Crippen LogP contribution is -2.32. The number of carboxylic acids is 1. The molecule has 0 radical (unpaired) electrons. The number of carboxylic acid groups (broad SMARTS) is 1. The largest absolute Gasteiger partial charge is 0.481 e. The number of amides is 1. The molecule has 120 valence electrons. The maximum absolute atomic E-state index is 13.6. The van der Waals surface area contributed by atoms with Crippen LogP contribution in [0, 0.1) is 11.7 Å². The lowest BCUT2D eigenvalue weighted by atomic mass is 10.0. The number of benzene rings is 1. The zero-order valence-corrected chi connectivity index (χ0v) is 14.0.